The molecule has 0 fully saturated rings. The first kappa shape index (κ1) is 10.8. The van der Waals surface area contributed by atoms with Crippen LogP contribution in [0, 0.1) is 0 Å². The average Bonchev–Trinajstić information content (AvgIpc) is 2.18. The van der Waals surface area contributed by atoms with Gasteiger partial charge in [-0.2, -0.15) is 0 Å². The predicted octanol–water partition coefficient (Wildman–Crippen LogP) is 2.37. The summed E-state index contributed by atoms with van der Waals surface area (Å²) in [6, 6.07) is 5.19. The van der Waals surface area contributed by atoms with Gasteiger partial charge in [0.1, 0.15) is 5.56 Å². The normalized spacial score (nSPS) is 18.8. The lowest BCUT2D eigenvalue weighted by atomic mass is 10.1. The summed E-state index contributed by atoms with van der Waals surface area (Å²) in [4.78, 5) is 11.6. The van der Waals surface area contributed by atoms with Crippen LogP contribution >= 0.6 is 0 Å². The van der Waals surface area contributed by atoms with Gasteiger partial charge in [0.15, 0.2) is 11.5 Å². The van der Waals surface area contributed by atoms with Crippen molar-refractivity contribution in [1.82, 2.24) is 0 Å². The van der Waals surface area contributed by atoms with Crippen LogP contribution in [-0.4, -0.2) is 18.4 Å². The second-order valence-electron chi connectivity index (χ2n) is 3.89. The van der Waals surface area contributed by atoms with Gasteiger partial charge in [0.25, 0.3) is 0 Å². The molecule has 1 aliphatic heterocycles. The van der Waals surface area contributed by atoms with E-state index in [-0.39, 0.29) is 12.1 Å². The van der Waals surface area contributed by atoms with Crippen molar-refractivity contribution in [3.63, 3.8) is 0 Å². The van der Waals surface area contributed by atoms with Gasteiger partial charge in [-0.15, -0.1) is 0 Å². The molecule has 1 aromatic carbocycles. The first-order chi connectivity index (χ1) is 7.58. The molecule has 2 rings (SSSR count). The van der Waals surface area contributed by atoms with Gasteiger partial charge < -0.3 is 14.2 Å². The maximum Gasteiger partial charge on any atom is 0.345 e. The first-order valence-corrected chi connectivity index (χ1v) is 5.25. The van der Waals surface area contributed by atoms with Crippen LogP contribution in [0.25, 0.3) is 0 Å². The Morgan fingerprint density at radius 1 is 1.31 bits per heavy atom. The fourth-order valence-electron chi connectivity index (χ4n) is 1.55. The van der Waals surface area contributed by atoms with E-state index in [0.29, 0.717) is 17.1 Å². The maximum absolute atomic E-state index is 11.6. The van der Waals surface area contributed by atoms with Crippen molar-refractivity contribution in [3.8, 4) is 11.5 Å². The van der Waals surface area contributed by atoms with Gasteiger partial charge >= 0.3 is 5.97 Å². The highest BCUT2D eigenvalue weighted by Gasteiger charge is 2.27. The number of hydrogen-bond donors (Lipinski definition) is 0. The topological polar surface area (TPSA) is 44.8 Å². The van der Waals surface area contributed by atoms with Crippen LogP contribution < -0.4 is 9.47 Å². The van der Waals surface area contributed by atoms with E-state index in [1.54, 1.807) is 25.1 Å². The maximum atomic E-state index is 11.6. The lowest BCUT2D eigenvalue weighted by molar-refractivity contribution is -0.0505. The molecule has 0 aliphatic carbocycles. The van der Waals surface area contributed by atoms with Crippen LogP contribution in [0.2, 0.25) is 0 Å². The molecule has 0 N–H and O–H groups in total. The van der Waals surface area contributed by atoms with Crippen LogP contribution in [0.15, 0.2) is 18.2 Å². The summed E-state index contributed by atoms with van der Waals surface area (Å²) < 4.78 is 16.0. The molecule has 0 amide bonds. The molecular weight excluding hydrogens is 208 g/mol. The zero-order chi connectivity index (χ0) is 11.7. The van der Waals surface area contributed by atoms with Crippen molar-refractivity contribution in [1.29, 1.82) is 0 Å². The number of hydrogen-bond acceptors (Lipinski definition) is 4. The number of rotatable bonds is 2. The fraction of sp³-hybridized carbons (Fsp3) is 0.417. The summed E-state index contributed by atoms with van der Waals surface area (Å²) in [5.41, 5.74) is 0.413. The molecule has 0 spiro atoms. The number of fused-ring (bicyclic) bond motifs is 1. The Kier molecular flexibility index (Phi) is 2.73. The highest BCUT2D eigenvalue weighted by Crippen LogP contribution is 2.36. The molecular formula is C12H14O4. The molecule has 16 heavy (non-hydrogen) atoms. The summed E-state index contributed by atoms with van der Waals surface area (Å²) in [7, 11) is 0. The first-order valence-electron chi connectivity index (χ1n) is 5.25. The molecule has 4 nitrogen and oxygen atoms in total. The standard InChI is InChI=1S/C12H14O4/c1-7(2)14-10-6-4-5-9-11(10)15-8(3)16-12(9)13/h4-8H,1-3H3. The lowest BCUT2D eigenvalue weighted by Gasteiger charge is -2.25. The van der Waals surface area contributed by atoms with E-state index in [0.717, 1.165) is 0 Å². The van der Waals surface area contributed by atoms with E-state index in [1.807, 2.05) is 13.8 Å². The molecule has 0 bridgehead atoms. The predicted molar refractivity (Wildman–Crippen MR) is 57.7 cm³/mol. The fourth-order valence-corrected chi connectivity index (χ4v) is 1.55. The van der Waals surface area contributed by atoms with Crippen LogP contribution in [0.5, 0.6) is 11.5 Å². The van der Waals surface area contributed by atoms with E-state index in [4.69, 9.17) is 14.2 Å². The molecule has 1 unspecified atom stereocenters. The summed E-state index contributed by atoms with van der Waals surface area (Å²) >= 11 is 0. The molecule has 4 heteroatoms. The number of carbonyl (C=O) groups is 1. The van der Waals surface area contributed by atoms with E-state index in [1.165, 1.54) is 0 Å². The van der Waals surface area contributed by atoms with Crippen LogP contribution in [0.4, 0.5) is 0 Å². The second kappa shape index (κ2) is 4.04. The van der Waals surface area contributed by atoms with E-state index in [2.05, 4.69) is 0 Å². The van der Waals surface area contributed by atoms with Crippen molar-refractivity contribution in [3.05, 3.63) is 23.8 Å². The minimum atomic E-state index is -0.572. The van der Waals surface area contributed by atoms with Crippen molar-refractivity contribution in [2.75, 3.05) is 0 Å². The minimum absolute atomic E-state index is 0.0309. The van der Waals surface area contributed by atoms with E-state index < -0.39 is 6.29 Å². The number of benzene rings is 1. The van der Waals surface area contributed by atoms with Crippen molar-refractivity contribution in [2.45, 2.75) is 33.2 Å². The Morgan fingerprint density at radius 2 is 2.06 bits per heavy atom. The van der Waals surface area contributed by atoms with E-state index in [9.17, 15) is 4.79 Å². The molecule has 0 aromatic heterocycles. The third kappa shape index (κ3) is 1.96. The summed E-state index contributed by atoms with van der Waals surface area (Å²) in [6.07, 6.45) is -0.541. The molecule has 0 radical (unpaired) electrons. The van der Waals surface area contributed by atoms with Crippen molar-refractivity contribution >= 4 is 5.97 Å². The SMILES string of the molecule is CC(C)Oc1cccc2c1OC(C)OC2=O. The third-order valence-corrected chi connectivity index (χ3v) is 2.12. The summed E-state index contributed by atoms with van der Waals surface area (Å²) in [6.45, 7) is 5.51. The molecule has 0 saturated carbocycles. The van der Waals surface area contributed by atoms with Gasteiger partial charge in [-0.3, -0.25) is 0 Å². The summed E-state index contributed by atoms with van der Waals surface area (Å²) in [5.74, 6) is 0.680. The largest absolute Gasteiger partial charge is 0.487 e. The van der Waals surface area contributed by atoms with Crippen molar-refractivity contribution < 1.29 is 19.0 Å². The number of esters is 1. The monoisotopic (exact) mass is 222 g/mol. The number of carbonyl (C=O) groups excluding carboxylic acids is 1. The zero-order valence-corrected chi connectivity index (χ0v) is 9.52. The Morgan fingerprint density at radius 3 is 2.75 bits per heavy atom. The highest BCUT2D eigenvalue weighted by atomic mass is 16.7. The number of ether oxygens (including phenoxy) is 3. The molecule has 86 valence electrons. The Balaban J connectivity index is 2.41. The molecule has 1 aliphatic rings. The summed E-state index contributed by atoms with van der Waals surface area (Å²) in [5, 5.41) is 0. The van der Waals surface area contributed by atoms with Gasteiger partial charge in [-0.25, -0.2) is 4.79 Å². The average molecular weight is 222 g/mol. The third-order valence-electron chi connectivity index (χ3n) is 2.12. The Labute approximate surface area is 94.1 Å². The van der Waals surface area contributed by atoms with Gasteiger partial charge in [0.05, 0.1) is 6.10 Å². The molecule has 1 heterocycles. The minimum Gasteiger partial charge on any atom is -0.487 e. The van der Waals surface area contributed by atoms with Crippen LogP contribution in [0.1, 0.15) is 31.1 Å². The number of para-hydroxylation sites is 1. The van der Waals surface area contributed by atoms with Crippen LogP contribution in [0.3, 0.4) is 0 Å². The van der Waals surface area contributed by atoms with Crippen LogP contribution in [-0.2, 0) is 4.74 Å². The second-order valence-corrected chi connectivity index (χ2v) is 3.89. The Hall–Kier alpha value is -1.71. The zero-order valence-electron chi connectivity index (χ0n) is 9.52. The Bertz CT molecular complexity index is 411. The van der Waals surface area contributed by atoms with Crippen molar-refractivity contribution in [2.24, 2.45) is 0 Å². The highest BCUT2D eigenvalue weighted by molar-refractivity contribution is 5.94. The smallest absolute Gasteiger partial charge is 0.345 e. The van der Waals surface area contributed by atoms with E-state index >= 15 is 0 Å². The van der Waals surface area contributed by atoms with Gasteiger partial charge in [0, 0.05) is 6.92 Å². The van der Waals surface area contributed by atoms with Gasteiger partial charge in [-0.05, 0) is 26.0 Å². The number of cyclic esters (lactones) is 1. The molecule has 1 aromatic rings. The molecule has 0 saturated heterocycles. The quantitative estimate of drug-likeness (QED) is 0.720. The van der Waals surface area contributed by atoms with Gasteiger partial charge in [-0.1, -0.05) is 6.07 Å². The lowest BCUT2D eigenvalue weighted by Crippen LogP contribution is -2.27. The van der Waals surface area contributed by atoms with Gasteiger partial charge in [0.2, 0.25) is 6.29 Å². The molecule has 1 atom stereocenters.